The maximum absolute atomic E-state index is 12.6. The van der Waals surface area contributed by atoms with Gasteiger partial charge in [0.2, 0.25) is 5.95 Å². The number of nitrogens with zero attached hydrogens (tertiary/aromatic N) is 4. The molecule has 1 aliphatic heterocycles. The number of carbonyl (C=O) groups is 2. The van der Waals surface area contributed by atoms with Crippen molar-refractivity contribution >= 4 is 35.2 Å². The van der Waals surface area contributed by atoms with Crippen LogP contribution >= 0.6 is 11.6 Å². The molecule has 0 aliphatic carbocycles. The SMILES string of the molecule is CCOC(=O)N1CCN(C(=O)c2cnc(Nc3ccccc3Cl)nc2)CC1. The number of halogens is 1. The fourth-order valence-corrected chi connectivity index (χ4v) is 2.86. The van der Waals surface area contributed by atoms with E-state index in [2.05, 4.69) is 15.3 Å². The lowest BCUT2D eigenvalue weighted by Gasteiger charge is -2.33. The van der Waals surface area contributed by atoms with Gasteiger partial charge in [0, 0.05) is 38.6 Å². The van der Waals surface area contributed by atoms with Gasteiger partial charge in [0.1, 0.15) is 0 Å². The highest BCUT2D eigenvalue weighted by Crippen LogP contribution is 2.23. The first-order valence-electron chi connectivity index (χ1n) is 8.63. The highest BCUT2D eigenvalue weighted by Gasteiger charge is 2.25. The topological polar surface area (TPSA) is 87.7 Å². The Balaban J connectivity index is 1.58. The number of hydrogen-bond donors (Lipinski definition) is 1. The first kappa shape index (κ1) is 18.9. The Labute approximate surface area is 162 Å². The lowest BCUT2D eigenvalue weighted by molar-refractivity contribution is 0.0570. The number of piperazine rings is 1. The van der Waals surface area contributed by atoms with Crippen LogP contribution in [-0.4, -0.2) is 64.6 Å². The molecule has 142 valence electrons. The van der Waals surface area contributed by atoms with E-state index in [1.54, 1.807) is 22.8 Å². The number of anilines is 2. The fourth-order valence-electron chi connectivity index (χ4n) is 2.68. The predicted molar refractivity (Wildman–Crippen MR) is 101 cm³/mol. The van der Waals surface area contributed by atoms with Gasteiger partial charge in [-0.15, -0.1) is 0 Å². The Morgan fingerprint density at radius 3 is 2.37 bits per heavy atom. The molecule has 2 aromatic rings. The minimum atomic E-state index is -0.345. The molecule has 1 aromatic carbocycles. The van der Waals surface area contributed by atoms with E-state index in [9.17, 15) is 9.59 Å². The molecule has 0 unspecified atom stereocenters. The number of para-hydroxylation sites is 1. The zero-order chi connectivity index (χ0) is 19.2. The summed E-state index contributed by atoms with van der Waals surface area (Å²) < 4.78 is 4.98. The van der Waals surface area contributed by atoms with Crippen LogP contribution in [0, 0.1) is 0 Å². The van der Waals surface area contributed by atoms with Crippen LogP contribution in [0.5, 0.6) is 0 Å². The quantitative estimate of drug-likeness (QED) is 0.865. The number of rotatable bonds is 4. The van der Waals surface area contributed by atoms with E-state index in [0.717, 1.165) is 0 Å². The molecular weight excluding hydrogens is 370 g/mol. The van der Waals surface area contributed by atoms with Gasteiger partial charge in [-0.1, -0.05) is 23.7 Å². The average Bonchev–Trinajstić information content (AvgIpc) is 2.70. The van der Waals surface area contributed by atoms with Crippen molar-refractivity contribution in [3.05, 3.63) is 47.2 Å². The van der Waals surface area contributed by atoms with E-state index in [4.69, 9.17) is 16.3 Å². The van der Waals surface area contributed by atoms with Gasteiger partial charge in [-0.2, -0.15) is 0 Å². The Morgan fingerprint density at radius 2 is 1.74 bits per heavy atom. The number of hydrogen-bond acceptors (Lipinski definition) is 6. The van der Waals surface area contributed by atoms with E-state index in [1.165, 1.54) is 12.4 Å². The zero-order valence-electron chi connectivity index (χ0n) is 14.9. The molecule has 0 radical (unpaired) electrons. The Kier molecular flexibility index (Phi) is 6.08. The van der Waals surface area contributed by atoms with E-state index in [-0.39, 0.29) is 12.0 Å². The van der Waals surface area contributed by atoms with Crippen molar-refractivity contribution in [2.24, 2.45) is 0 Å². The number of amides is 2. The highest BCUT2D eigenvalue weighted by atomic mass is 35.5. The molecule has 8 nitrogen and oxygen atoms in total. The molecule has 1 fully saturated rings. The van der Waals surface area contributed by atoms with Crippen LogP contribution in [0.1, 0.15) is 17.3 Å². The summed E-state index contributed by atoms with van der Waals surface area (Å²) in [5, 5.41) is 3.57. The number of aromatic nitrogens is 2. The van der Waals surface area contributed by atoms with Gasteiger partial charge in [-0.05, 0) is 19.1 Å². The molecule has 1 saturated heterocycles. The molecule has 2 heterocycles. The predicted octanol–water partition coefficient (Wildman–Crippen LogP) is 2.79. The van der Waals surface area contributed by atoms with E-state index in [0.29, 0.717) is 55.0 Å². The van der Waals surface area contributed by atoms with E-state index in [1.807, 2.05) is 18.2 Å². The number of carbonyl (C=O) groups excluding carboxylic acids is 2. The number of ether oxygens (including phenoxy) is 1. The van der Waals surface area contributed by atoms with Crippen LogP contribution in [0.15, 0.2) is 36.7 Å². The molecule has 1 N–H and O–H groups in total. The van der Waals surface area contributed by atoms with Crippen LogP contribution in [0.3, 0.4) is 0 Å². The molecule has 27 heavy (non-hydrogen) atoms. The Hall–Kier alpha value is -2.87. The summed E-state index contributed by atoms with van der Waals surface area (Å²) in [6, 6.07) is 7.26. The lowest BCUT2D eigenvalue weighted by Crippen LogP contribution is -2.50. The van der Waals surface area contributed by atoms with Crippen LogP contribution < -0.4 is 5.32 Å². The smallest absolute Gasteiger partial charge is 0.409 e. The second kappa shape index (κ2) is 8.68. The monoisotopic (exact) mass is 389 g/mol. The van der Waals surface area contributed by atoms with Crippen molar-refractivity contribution in [2.75, 3.05) is 38.1 Å². The second-order valence-corrected chi connectivity index (χ2v) is 6.29. The first-order chi connectivity index (χ1) is 13.1. The molecule has 9 heteroatoms. The lowest BCUT2D eigenvalue weighted by atomic mass is 10.2. The average molecular weight is 390 g/mol. The van der Waals surface area contributed by atoms with E-state index < -0.39 is 0 Å². The standard InChI is InChI=1S/C18H20ClN5O3/c1-2-27-18(26)24-9-7-23(8-10-24)16(25)13-11-20-17(21-12-13)22-15-6-4-3-5-14(15)19/h3-6,11-12H,2,7-10H2,1H3,(H,20,21,22). The molecule has 0 saturated carbocycles. The summed E-state index contributed by atoms with van der Waals surface area (Å²) in [6.45, 7) is 3.87. The molecule has 1 aromatic heterocycles. The van der Waals surface area contributed by atoms with Crippen molar-refractivity contribution < 1.29 is 14.3 Å². The third-order valence-corrected chi connectivity index (χ3v) is 4.44. The minimum absolute atomic E-state index is 0.164. The summed E-state index contributed by atoms with van der Waals surface area (Å²) in [4.78, 5) is 36.0. The van der Waals surface area contributed by atoms with Gasteiger partial charge in [0.05, 0.1) is 22.9 Å². The maximum atomic E-state index is 12.6. The molecule has 2 amide bonds. The van der Waals surface area contributed by atoms with Gasteiger partial charge in [0.25, 0.3) is 5.91 Å². The first-order valence-corrected chi connectivity index (χ1v) is 9.01. The van der Waals surface area contributed by atoms with Crippen molar-refractivity contribution in [3.63, 3.8) is 0 Å². The summed E-state index contributed by atoms with van der Waals surface area (Å²) in [5.41, 5.74) is 1.08. The van der Waals surface area contributed by atoms with Crippen LogP contribution in [0.4, 0.5) is 16.4 Å². The normalized spacial score (nSPS) is 14.0. The molecular formula is C18H20ClN5O3. The number of nitrogens with one attached hydrogen (secondary N) is 1. The van der Waals surface area contributed by atoms with Crippen LogP contribution in [0.2, 0.25) is 5.02 Å². The molecule has 0 atom stereocenters. The second-order valence-electron chi connectivity index (χ2n) is 5.88. The van der Waals surface area contributed by atoms with Gasteiger partial charge in [-0.3, -0.25) is 4.79 Å². The summed E-state index contributed by atoms with van der Waals surface area (Å²) in [7, 11) is 0. The number of benzene rings is 1. The molecule has 0 bridgehead atoms. The van der Waals surface area contributed by atoms with E-state index >= 15 is 0 Å². The van der Waals surface area contributed by atoms with Crippen LogP contribution in [0.25, 0.3) is 0 Å². The summed E-state index contributed by atoms with van der Waals surface area (Å²) >= 11 is 6.10. The summed E-state index contributed by atoms with van der Waals surface area (Å²) in [6.07, 6.45) is 2.61. The summed E-state index contributed by atoms with van der Waals surface area (Å²) in [5.74, 6) is 0.189. The Morgan fingerprint density at radius 1 is 1.11 bits per heavy atom. The van der Waals surface area contributed by atoms with Crippen molar-refractivity contribution in [3.8, 4) is 0 Å². The minimum Gasteiger partial charge on any atom is -0.450 e. The highest BCUT2D eigenvalue weighted by molar-refractivity contribution is 6.33. The Bertz CT molecular complexity index is 807. The van der Waals surface area contributed by atoms with Crippen molar-refractivity contribution in [2.45, 2.75) is 6.92 Å². The van der Waals surface area contributed by atoms with Crippen LogP contribution in [-0.2, 0) is 4.74 Å². The maximum Gasteiger partial charge on any atom is 0.409 e. The third kappa shape index (κ3) is 4.65. The fraction of sp³-hybridized carbons (Fsp3) is 0.333. The molecule has 1 aliphatic rings. The van der Waals surface area contributed by atoms with Crippen molar-refractivity contribution in [1.82, 2.24) is 19.8 Å². The molecule has 0 spiro atoms. The largest absolute Gasteiger partial charge is 0.450 e. The zero-order valence-corrected chi connectivity index (χ0v) is 15.6. The van der Waals surface area contributed by atoms with Gasteiger partial charge in [-0.25, -0.2) is 14.8 Å². The third-order valence-electron chi connectivity index (χ3n) is 4.11. The van der Waals surface area contributed by atoms with Gasteiger partial charge < -0.3 is 19.9 Å². The van der Waals surface area contributed by atoms with Gasteiger partial charge >= 0.3 is 6.09 Å². The van der Waals surface area contributed by atoms with Gasteiger partial charge in [0.15, 0.2) is 0 Å². The molecule has 3 rings (SSSR count). The van der Waals surface area contributed by atoms with Crippen molar-refractivity contribution in [1.29, 1.82) is 0 Å².